The standard InChI is InChI=1S/C27H25F2NO4/c1-27(29)11-8-18(9-12-27)26-23(10-13-34-26)25(31)24(17-4-6-19(28)7-5-17)30-20-14-21(32-2)16-22(15-20)33-3/h4-11,13-16,24,30H,12H2,1-3H3. The van der Waals surface area contributed by atoms with Gasteiger partial charge in [0.25, 0.3) is 0 Å². The lowest BCUT2D eigenvalue weighted by Crippen LogP contribution is -2.22. The summed E-state index contributed by atoms with van der Waals surface area (Å²) in [6, 6.07) is 11.6. The molecule has 0 spiro atoms. The third-order valence-corrected chi connectivity index (χ3v) is 5.65. The van der Waals surface area contributed by atoms with Crippen LogP contribution in [0, 0.1) is 5.82 Å². The molecule has 0 fully saturated rings. The lowest BCUT2D eigenvalue weighted by Gasteiger charge is -2.21. The van der Waals surface area contributed by atoms with Crippen LogP contribution in [-0.4, -0.2) is 25.7 Å². The Labute approximate surface area is 196 Å². The van der Waals surface area contributed by atoms with E-state index in [0.717, 1.165) is 0 Å². The number of hydrogen-bond acceptors (Lipinski definition) is 5. The number of allylic oxidation sites excluding steroid dienone is 4. The molecule has 3 aromatic rings. The van der Waals surface area contributed by atoms with Crippen molar-refractivity contribution < 1.29 is 27.5 Å². The summed E-state index contributed by atoms with van der Waals surface area (Å²) in [5.41, 5.74) is 0.655. The molecule has 0 bridgehead atoms. The van der Waals surface area contributed by atoms with Gasteiger partial charge in [-0.2, -0.15) is 0 Å². The van der Waals surface area contributed by atoms with Crippen molar-refractivity contribution in [2.24, 2.45) is 0 Å². The second-order valence-electron chi connectivity index (χ2n) is 8.23. The zero-order valence-electron chi connectivity index (χ0n) is 19.1. The summed E-state index contributed by atoms with van der Waals surface area (Å²) in [5, 5.41) is 3.22. The normalized spacial score (nSPS) is 18.2. The maximum absolute atomic E-state index is 14.2. The molecule has 0 saturated carbocycles. The fourth-order valence-corrected chi connectivity index (χ4v) is 3.77. The molecule has 1 N–H and O–H groups in total. The fourth-order valence-electron chi connectivity index (χ4n) is 3.77. The maximum Gasteiger partial charge on any atom is 0.193 e. The number of ketones is 1. The Morgan fingerprint density at radius 1 is 1.09 bits per heavy atom. The van der Waals surface area contributed by atoms with Gasteiger partial charge in [-0.15, -0.1) is 0 Å². The zero-order valence-corrected chi connectivity index (χ0v) is 19.1. The van der Waals surface area contributed by atoms with E-state index in [2.05, 4.69) is 5.32 Å². The minimum absolute atomic E-state index is 0.177. The van der Waals surface area contributed by atoms with E-state index in [1.54, 1.807) is 48.6 Å². The van der Waals surface area contributed by atoms with Crippen LogP contribution >= 0.6 is 0 Å². The Hall–Kier alpha value is -3.87. The number of anilines is 1. The van der Waals surface area contributed by atoms with Gasteiger partial charge in [-0.1, -0.05) is 24.3 Å². The molecule has 0 radical (unpaired) electrons. The Balaban J connectivity index is 1.72. The number of alkyl halides is 1. The van der Waals surface area contributed by atoms with Crippen LogP contribution in [0.3, 0.4) is 0 Å². The monoisotopic (exact) mass is 465 g/mol. The number of benzene rings is 2. The largest absolute Gasteiger partial charge is 0.497 e. The zero-order chi connectivity index (χ0) is 24.3. The molecule has 2 aromatic carbocycles. The van der Waals surface area contributed by atoms with Gasteiger partial charge in [0, 0.05) is 35.9 Å². The van der Waals surface area contributed by atoms with Crippen LogP contribution in [0.25, 0.3) is 5.57 Å². The van der Waals surface area contributed by atoms with Gasteiger partial charge in [-0.25, -0.2) is 8.78 Å². The number of hydrogen-bond donors (Lipinski definition) is 1. The number of ether oxygens (including phenoxy) is 2. The number of carbonyl (C=O) groups is 1. The average Bonchev–Trinajstić information content (AvgIpc) is 3.32. The van der Waals surface area contributed by atoms with Gasteiger partial charge >= 0.3 is 0 Å². The van der Waals surface area contributed by atoms with Gasteiger partial charge < -0.3 is 19.2 Å². The van der Waals surface area contributed by atoms with E-state index in [1.165, 1.54) is 45.6 Å². The molecule has 2 unspecified atom stereocenters. The van der Waals surface area contributed by atoms with Crippen molar-refractivity contribution in [3.8, 4) is 11.5 Å². The number of rotatable bonds is 8. The van der Waals surface area contributed by atoms with Gasteiger partial charge in [0.15, 0.2) is 5.78 Å². The third kappa shape index (κ3) is 5.03. The molecule has 1 aliphatic rings. The number of furan rings is 1. The summed E-state index contributed by atoms with van der Waals surface area (Å²) in [4.78, 5) is 13.8. The maximum atomic E-state index is 14.2. The van der Waals surface area contributed by atoms with E-state index >= 15 is 0 Å². The fraction of sp³-hybridized carbons (Fsp3) is 0.222. The second kappa shape index (κ2) is 9.55. The molecule has 7 heteroatoms. The Kier molecular flexibility index (Phi) is 6.54. The van der Waals surface area contributed by atoms with E-state index in [9.17, 15) is 13.6 Å². The molecule has 4 rings (SSSR count). The van der Waals surface area contributed by atoms with Crippen LogP contribution in [0.5, 0.6) is 11.5 Å². The molecular formula is C27H25F2NO4. The van der Waals surface area contributed by atoms with Crippen LogP contribution in [0.15, 0.2) is 77.4 Å². The average molecular weight is 465 g/mol. The number of halogens is 2. The molecule has 1 aliphatic carbocycles. The highest BCUT2D eigenvalue weighted by Crippen LogP contribution is 2.35. The van der Waals surface area contributed by atoms with E-state index in [4.69, 9.17) is 13.9 Å². The van der Waals surface area contributed by atoms with Crippen molar-refractivity contribution in [3.05, 3.63) is 95.7 Å². The topological polar surface area (TPSA) is 60.7 Å². The smallest absolute Gasteiger partial charge is 0.193 e. The van der Waals surface area contributed by atoms with Crippen molar-refractivity contribution in [3.63, 3.8) is 0 Å². The summed E-state index contributed by atoms with van der Waals surface area (Å²) >= 11 is 0. The SMILES string of the molecule is COc1cc(NC(C(=O)c2ccoc2C2=CCC(C)(F)C=C2)c2ccc(F)cc2)cc(OC)c1. The number of methoxy groups -OCH3 is 2. The van der Waals surface area contributed by atoms with Gasteiger partial charge in [0.05, 0.1) is 26.0 Å². The molecule has 0 saturated heterocycles. The van der Waals surface area contributed by atoms with Crippen molar-refractivity contribution >= 4 is 17.0 Å². The second-order valence-corrected chi connectivity index (χ2v) is 8.23. The van der Waals surface area contributed by atoms with E-state index in [-0.39, 0.29) is 12.2 Å². The first-order valence-electron chi connectivity index (χ1n) is 10.7. The molecule has 0 amide bonds. The number of nitrogens with one attached hydrogen (secondary N) is 1. The summed E-state index contributed by atoms with van der Waals surface area (Å²) in [6.45, 7) is 1.49. The van der Waals surface area contributed by atoms with Crippen molar-refractivity contribution in [2.75, 3.05) is 19.5 Å². The first-order chi connectivity index (χ1) is 16.3. The van der Waals surface area contributed by atoms with Gasteiger partial charge in [0.2, 0.25) is 0 Å². The summed E-state index contributed by atoms with van der Waals surface area (Å²) in [5.74, 6) is 0.744. The predicted octanol–water partition coefficient (Wildman–Crippen LogP) is 6.54. The highest BCUT2D eigenvalue weighted by molar-refractivity contribution is 6.05. The van der Waals surface area contributed by atoms with Crippen LogP contribution < -0.4 is 14.8 Å². The number of carbonyl (C=O) groups excluding carboxylic acids is 1. The minimum atomic E-state index is -1.44. The van der Waals surface area contributed by atoms with E-state index < -0.39 is 17.5 Å². The van der Waals surface area contributed by atoms with Crippen molar-refractivity contribution in [2.45, 2.75) is 25.1 Å². The van der Waals surface area contributed by atoms with Crippen molar-refractivity contribution in [1.82, 2.24) is 0 Å². The van der Waals surface area contributed by atoms with E-state index in [0.29, 0.717) is 39.6 Å². The lowest BCUT2D eigenvalue weighted by atomic mass is 9.91. The summed E-state index contributed by atoms with van der Waals surface area (Å²) in [7, 11) is 3.07. The van der Waals surface area contributed by atoms with Crippen LogP contribution in [-0.2, 0) is 0 Å². The Morgan fingerprint density at radius 2 is 1.76 bits per heavy atom. The van der Waals surface area contributed by atoms with Crippen molar-refractivity contribution in [1.29, 1.82) is 0 Å². The summed E-state index contributed by atoms with van der Waals surface area (Å²) in [6.07, 6.45) is 6.39. The minimum Gasteiger partial charge on any atom is -0.497 e. The molecule has 34 heavy (non-hydrogen) atoms. The lowest BCUT2D eigenvalue weighted by molar-refractivity contribution is 0.0968. The van der Waals surface area contributed by atoms with Gasteiger partial charge in [-0.3, -0.25) is 4.79 Å². The molecule has 0 aliphatic heterocycles. The highest BCUT2D eigenvalue weighted by Gasteiger charge is 2.29. The first kappa shape index (κ1) is 23.3. The first-order valence-corrected chi connectivity index (χ1v) is 10.7. The van der Waals surface area contributed by atoms with E-state index in [1.807, 2.05) is 0 Å². The molecular weight excluding hydrogens is 440 g/mol. The van der Waals surface area contributed by atoms with Gasteiger partial charge in [-0.05, 0) is 36.8 Å². The summed E-state index contributed by atoms with van der Waals surface area (Å²) < 4.78 is 44.1. The highest BCUT2D eigenvalue weighted by atomic mass is 19.1. The number of Topliss-reactive ketones (excluding diaryl/α,β-unsaturated/α-hetero) is 1. The molecule has 1 heterocycles. The van der Waals surface area contributed by atoms with Gasteiger partial charge in [0.1, 0.15) is 34.8 Å². The molecule has 2 atom stereocenters. The van der Waals surface area contributed by atoms with Crippen LogP contribution in [0.4, 0.5) is 14.5 Å². The third-order valence-electron chi connectivity index (χ3n) is 5.65. The van der Waals surface area contributed by atoms with Crippen LogP contribution in [0.1, 0.15) is 41.1 Å². The quantitative estimate of drug-likeness (QED) is 0.383. The molecule has 176 valence electrons. The predicted molar refractivity (Wildman–Crippen MR) is 127 cm³/mol. The Bertz CT molecular complexity index is 1220. The van der Waals surface area contributed by atoms with Crippen LogP contribution in [0.2, 0.25) is 0 Å². The Morgan fingerprint density at radius 3 is 2.35 bits per heavy atom. The molecule has 5 nitrogen and oxygen atoms in total. The molecule has 1 aromatic heterocycles.